The molecule has 0 atom stereocenters. The highest BCUT2D eigenvalue weighted by atomic mass is 16.7. The van der Waals surface area contributed by atoms with Gasteiger partial charge in [-0.25, -0.2) is 5.01 Å². The molecule has 1 N–H and O–H groups in total. The molecule has 38 heavy (non-hydrogen) atoms. The summed E-state index contributed by atoms with van der Waals surface area (Å²) in [7, 11) is 0. The molecule has 2 aliphatic heterocycles. The third-order valence-electron chi connectivity index (χ3n) is 5.82. The number of hydrogen-bond acceptors (Lipinski definition) is 9. The van der Waals surface area contributed by atoms with Crippen LogP contribution in [0.4, 0.5) is 5.69 Å². The molecular formula is C27H21N5O6. The molecule has 11 heteroatoms. The molecule has 3 heterocycles. The van der Waals surface area contributed by atoms with Gasteiger partial charge in [0.1, 0.15) is 23.8 Å². The number of nitrogens with one attached hydrogen (secondary N) is 1. The number of carbonyl (C=O) groups is 2. The first-order valence-electron chi connectivity index (χ1n) is 11.9. The van der Waals surface area contributed by atoms with Crippen LogP contribution in [-0.2, 0) is 9.59 Å². The number of aromatic nitrogens is 2. The van der Waals surface area contributed by atoms with E-state index in [4.69, 9.17) is 18.7 Å². The summed E-state index contributed by atoms with van der Waals surface area (Å²) in [6.07, 6.45) is 0.488. The van der Waals surface area contributed by atoms with Crippen molar-refractivity contribution in [3.63, 3.8) is 0 Å². The average Bonchev–Trinajstić information content (AvgIpc) is 3.61. The molecule has 1 aromatic heterocycles. The van der Waals surface area contributed by atoms with E-state index in [1.54, 1.807) is 42.5 Å². The van der Waals surface area contributed by atoms with Crippen LogP contribution >= 0.6 is 0 Å². The van der Waals surface area contributed by atoms with Crippen molar-refractivity contribution in [2.45, 2.75) is 12.8 Å². The van der Waals surface area contributed by atoms with Crippen molar-refractivity contribution in [3.8, 4) is 34.4 Å². The van der Waals surface area contributed by atoms with Gasteiger partial charge in [-0.3, -0.25) is 9.59 Å². The van der Waals surface area contributed by atoms with Crippen molar-refractivity contribution >= 4 is 23.2 Å². The highest BCUT2D eigenvalue weighted by Crippen LogP contribution is 2.35. The van der Waals surface area contributed by atoms with Gasteiger partial charge in [0.2, 0.25) is 24.4 Å². The fraction of sp³-hybridized carbons (Fsp3) is 0.148. The van der Waals surface area contributed by atoms with Gasteiger partial charge in [0.05, 0.1) is 0 Å². The average molecular weight is 511 g/mol. The van der Waals surface area contributed by atoms with E-state index in [0.717, 1.165) is 5.01 Å². The Morgan fingerprint density at radius 2 is 1.74 bits per heavy atom. The van der Waals surface area contributed by atoms with Crippen LogP contribution in [0.1, 0.15) is 18.7 Å². The SMILES string of the molecule is O=C(CN1N=C(c2nc(-c3ccc4c(c3)OCO4)no2)CCC1=O)Nc1ccc(Oc2ccccc2)cc1. The van der Waals surface area contributed by atoms with Gasteiger partial charge in [-0.05, 0) is 54.6 Å². The Balaban J connectivity index is 1.10. The summed E-state index contributed by atoms with van der Waals surface area (Å²) >= 11 is 0. The molecule has 4 aromatic rings. The van der Waals surface area contributed by atoms with Crippen LogP contribution < -0.4 is 19.5 Å². The summed E-state index contributed by atoms with van der Waals surface area (Å²) in [5, 5.41) is 12.2. The van der Waals surface area contributed by atoms with Gasteiger partial charge in [-0.1, -0.05) is 23.4 Å². The summed E-state index contributed by atoms with van der Waals surface area (Å²) in [5.74, 6) is 2.47. The lowest BCUT2D eigenvalue weighted by molar-refractivity contribution is -0.135. The number of anilines is 1. The standard InChI is InChI=1S/C27H21N5O6/c33-24(28-18-7-9-20(10-8-18)37-19-4-2-1-3-5-19)15-32-25(34)13-11-21(30-32)27-29-26(31-38-27)17-6-12-22-23(14-17)36-16-35-22/h1-10,12,14H,11,13,15-16H2,(H,28,33). The molecule has 0 unspecified atom stereocenters. The van der Waals surface area contributed by atoms with Crippen molar-refractivity contribution in [3.05, 3.63) is 78.7 Å². The molecule has 2 aliphatic rings. The van der Waals surface area contributed by atoms with Crippen molar-refractivity contribution < 1.29 is 28.3 Å². The lowest BCUT2D eigenvalue weighted by atomic mass is 10.1. The number of hydrogen-bond donors (Lipinski definition) is 1. The maximum Gasteiger partial charge on any atom is 0.274 e. The summed E-state index contributed by atoms with van der Waals surface area (Å²) in [6, 6.07) is 21.7. The van der Waals surface area contributed by atoms with Gasteiger partial charge in [0, 0.05) is 24.1 Å². The Morgan fingerprint density at radius 1 is 0.947 bits per heavy atom. The topological polar surface area (TPSA) is 128 Å². The summed E-state index contributed by atoms with van der Waals surface area (Å²) < 4.78 is 21.9. The van der Waals surface area contributed by atoms with Gasteiger partial charge < -0.3 is 24.1 Å². The van der Waals surface area contributed by atoms with Crippen LogP contribution in [0.2, 0.25) is 0 Å². The van der Waals surface area contributed by atoms with E-state index >= 15 is 0 Å². The zero-order valence-corrected chi connectivity index (χ0v) is 20.0. The van der Waals surface area contributed by atoms with Gasteiger partial charge in [0.25, 0.3) is 5.89 Å². The molecule has 0 aliphatic carbocycles. The van der Waals surface area contributed by atoms with E-state index in [9.17, 15) is 9.59 Å². The number of amides is 2. The Bertz CT molecular complexity index is 1520. The van der Waals surface area contributed by atoms with Crippen LogP contribution in [0.3, 0.4) is 0 Å². The predicted octanol–water partition coefficient (Wildman–Crippen LogP) is 4.22. The van der Waals surface area contributed by atoms with E-state index in [-0.39, 0.29) is 31.6 Å². The molecule has 6 rings (SSSR count). The number of benzene rings is 3. The van der Waals surface area contributed by atoms with Crippen LogP contribution in [0.25, 0.3) is 11.4 Å². The fourth-order valence-electron chi connectivity index (χ4n) is 3.94. The van der Waals surface area contributed by atoms with E-state index in [2.05, 4.69) is 20.6 Å². The summed E-state index contributed by atoms with van der Waals surface area (Å²) in [6.45, 7) is -0.0910. The number of carbonyl (C=O) groups excluding carboxylic acids is 2. The maximum atomic E-state index is 12.6. The number of rotatable bonds is 7. The first kappa shape index (κ1) is 23.2. The van der Waals surface area contributed by atoms with Crippen LogP contribution in [0, 0.1) is 0 Å². The van der Waals surface area contributed by atoms with Crippen LogP contribution in [-0.4, -0.2) is 46.0 Å². The minimum atomic E-state index is -0.397. The van der Waals surface area contributed by atoms with E-state index in [1.807, 2.05) is 30.3 Å². The largest absolute Gasteiger partial charge is 0.457 e. The lowest BCUT2D eigenvalue weighted by Gasteiger charge is -2.21. The Labute approximate surface area is 216 Å². The third kappa shape index (κ3) is 5.03. The van der Waals surface area contributed by atoms with Crippen molar-refractivity contribution in [2.75, 3.05) is 18.7 Å². The smallest absolute Gasteiger partial charge is 0.274 e. The van der Waals surface area contributed by atoms with Gasteiger partial charge in [0.15, 0.2) is 11.5 Å². The van der Waals surface area contributed by atoms with Gasteiger partial charge in [-0.15, -0.1) is 0 Å². The lowest BCUT2D eigenvalue weighted by Crippen LogP contribution is -2.38. The molecule has 0 saturated heterocycles. The van der Waals surface area contributed by atoms with Crippen molar-refractivity contribution in [1.82, 2.24) is 15.1 Å². The third-order valence-corrected chi connectivity index (χ3v) is 5.82. The minimum absolute atomic E-state index is 0.165. The second kappa shape index (κ2) is 10.1. The molecule has 0 radical (unpaired) electrons. The van der Waals surface area contributed by atoms with Crippen molar-refractivity contribution in [2.24, 2.45) is 5.10 Å². The molecule has 11 nitrogen and oxygen atoms in total. The molecule has 0 fully saturated rings. The zero-order chi connectivity index (χ0) is 25.9. The molecule has 0 bridgehead atoms. The summed E-state index contributed by atoms with van der Waals surface area (Å²) in [5.41, 5.74) is 1.68. The number of ether oxygens (including phenoxy) is 3. The molecule has 0 spiro atoms. The Hall–Kier alpha value is -5.19. The highest BCUT2D eigenvalue weighted by molar-refractivity contribution is 6.02. The van der Waals surface area contributed by atoms with E-state index < -0.39 is 5.91 Å². The number of hydrazone groups is 1. The van der Waals surface area contributed by atoms with E-state index in [1.165, 1.54) is 0 Å². The number of para-hydroxylation sites is 1. The first-order valence-corrected chi connectivity index (χ1v) is 11.9. The quantitative estimate of drug-likeness (QED) is 0.391. The molecule has 0 saturated carbocycles. The molecule has 190 valence electrons. The zero-order valence-electron chi connectivity index (χ0n) is 20.0. The fourth-order valence-corrected chi connectivity index (χ4v) is 3.94. The summed E-state index contributed by atoms with van der Waals surface area (Å²) in [4.78, 5) is 29.5. The van der Waals surface area contributed by atoms with Crippen molar-refractivity contribution in [1.29, 1.82) is 0 Å². The van der Waals surface area contributed by atoms with Crippen LogP contribution in [0.15, 0.2) is 82.4 Å². The normalized spacial score (nSPS) is 14.3. The molecule has 3 aromatic carbocycles. The highest BCUT2D eigenvalue weighted by Gasteiger charge is 2.27. The number of nitrogens with zero attached hydrogens (tertiary/aromatic N) is 4. The predicted molar refractivity (Wildman–Crippen MR) is 135 cm³/mol. The second-order valence-corrected chi connectivity index (χ2v) is 8.48. The Morgan fingerprint density at radius 3 is 2.58 bits per heavy atom. The Kier molecular flexibility index (Phi) is 6.14. The van der Waals surface area contributed by atoms with Gasteiger partial charge in [-0.2, -0.15) is 10.1 Å². The second-order valence-electron chi connectivity index (χ2n) is 8.48. The molecular weight excluding hydrogens is 490 g/mol. The van der Waals surface area contributed by atoms with E-state index in [0.29, 0.717) is 52.2 Å². The minimum Gasteiger partial charge on any atom is -0.457 e. The van der Waals surface area contributed by atoms with Gasteiger partial charge >= 0.3 is 0 Å². The van der Waals surface area contributed by atoms with Crippen LogP contribution in [0.5, 0.6) is 23.0 Å². The first-order chi connectivity index (χ1) is 18.6. The molecule has 2 amide bonds. The number of fused-ring (bicyclic) bond motifs is 1. The maximum absolute atomic E-state index is 12.6. The monoisotopic (exact) mass is 511 g/mol.